The minimum absolute atomic E-state index is 0.192. The molecular formula is C8H14O2. The lowest BCUT2D eigenvalue weighted by molar-refractivity contribution is 0.199. The molecule has 0 heterocycles. The van der Waals surface area contributed by atoms with E-state index < -0.39 is 0 Å². The van der Waals surface area contributed by atoms with Crippen LogP contribution in [0, 0.1) is 0 Å². The number of aliphatic hydroxyl groups is 1. The van der Waals surface area contributed by atoms with Crippen molar-refractivity contribution in [2.24, 2.45) is 0 Å². The number of allylic oxidation sites excluding steroid dienone is 3. The van der Waals surface area contributed by atoms with Crippen LogP contribution in [0.2, 0.25) is 0 Å². The largest absolute Gasteiger partial charge is 0.501 e. The van der Waals surface area contributed by atoms with E-state index in [4.69, 9.17) is 9.84 Å². The van der Waals surface area contributed by atoms with Gasteiger partial charge in [-0.05, 0) is 13.0 Å². The van der Waals surface area contributed by atoms with E-state index in [1.807, 2.05) is 25.2 Å². The van der Waals surface area contributed by atoms with Crippen LogP contribution < -0.4 is 0 Å². The van der Waals surface area contributed by atoms with Gasteiger partial charge in [0.05, 0.1) is 12.9 Å². The minimum Gasteiger partial charge on any atom is -0.501 e. The highest BCUT2D eigenvalue weighted by atomic mass is 16.5. The highest BCUT2D eigenvalue weighted by molar-refractivity contribution is 4.97. The van der Waals surface area contributed by atoms with Gasteiger partial charge >= 0.3 is 0 Å². The van der Waals surface area contributed by atoms with Gasteiger partial charge in [-0.3, -0.25) is 0 Å². The zero-order valence-corrected chi connectivity index (χ0v) is 6.29. The van der Waals surface area contributed by atoms with Crippen LogP contribution in [0.15, 0.2) is 24.5 Å². The highest BCUT2D eigenvalue weighted by Gasteiger charge is 1.78. The van der Waals surface area contributed by atoms with E-state index in [1.165, 1.54) is 0 Å². The number of hydrogen-bond acceptors (Lipinski definition) is 2. The molecule has 0 bridgehead atoms. The molecule has 0 saturated heterocycles. The molecule has 1 N–H and O–H groups in total. The third-order valence-corrected chi connectivity index (χ3v) is 0.899. The van der Waals surface area contributed by atoms with Crippen molar-refractivity contribution < 1.29 is 9.84 Å². The first kappa shape index (κ1) is 9.24. The van der Waals surface area contributed by atoms with Crippen molar-refractivity contribution >= 4 is 0 Å². The molecule has 10 heavy (non-hydrogen) atoms. The predicted octanol–water partition coefficient (Wildman–Crippen LogP) is 1.48. The van der Waals surface area contributed by atoms with E-state index in [1.54, 1.807) is 6.26 Å². The van der Waals surface area contributed by atoms with E-state index in [9.17, 15) is 0 Å². The van der Waals surface area contributed by atoms with Crippen molar-refractivity contribution in [3.63, 3.8) is 0 Å². The molecule has 0 saturated carbocycles. The van der Waals surface area contributed by atoms with E-state index in [-0.39, 0.29) is 6.61 Å². The standard InChI is InChI=1S/C8H14O2/c1-2-3-4-7-10-8-5-6-9/h2-4,7,9H,5-6,8H2,1H3/b3-2+,7-4+. The quantitative estimate of drug-likeness (QED) is 0.358. The van der Waals surface area contributed by atoms with Gasteiger partial charge < -0.3 is 9.84 Å². The summed E-state index contributed by atoms with van der Waals surface area (Å²) in [4.78, 5) is 0. The normalized spacial score (nSPS) is 11.4. The number of rotatable bonds is 5. The molecule has 2 heteroatoms. The second kappa shape index (κ2) is 8.24. The lowest BCUT2D eigenvalue weighted by Gasteiger charge is -1.94. The van der Waals surface area contributed by atoms with Crippen LogP contribution >= 0.6 is 0 Å². The molecule has 0 aliphatic heterocycles. The third kappa shape index (κ3) is 7.24. The van der Waals surface area contributed by atoms with Crippen LogP contribution in [0.3, 0.4) is 0 Å². The Bertz CT molecular complexity index is 106. The SMILES string of the molecule is C/C=C/C=C/OCCCO. The summed E-state index contributed by atoms with van der Waals surface area (Å²) in [5.74, 6) is 0. The fourth-order valence-corrected chi connectivity index (χ4v) is 0.428. The third-order valence-electron chi connectivity index (χ3n) is 0.899. The van der Waals surface area contributed by atoms with Crippen molar-refractivity contribution in [1.29, 1.82) is 0 Å². The Labute approximate surface area is 61.8 Å². The molecule has 0 aromatic rings. The van der Waals surface area contributed by atoms with Crippen LogP contribution in [0.5, 0.6) is 0 Å². The lowest BCUT2D eigenvalue weighted by Crippen LogP contribution is -1.90. The van der Waals surface area contributed by atoms with Gasteiger partial charge in [0.2, 0.25) is 0 Å². The van der Waals surface area contributed by atoms with Gasteiger partial charge in [-0.15, -0.1) is 0 Å². The van der Waals surface area contributed by atoms with Crippen molar-refractivity contribution in [3.8, 4) is 0 Å². The fraction of sp³-hybridized carbons (Fsp3) is 0.500. The average Bonchev–Trinajstić information content (AvgIpc) is 1.97. The molecule has 0 aliphatic rings. The molecule has 0 fully saturated rings. The molecule has 0 unspecified atom stereocenters. The van der Waals surface area contributed by atoms with E-state index in [0.29, 0.717) is 13.0 Å². The van der Waals surface area contributed by atoms with Crippen LogP contribution in [-0.2, 0) is 4.74 Å². The van der Waals surface area contributed by atoms with Gasteiger partial charge in [-0.1, -0.05) is 12.2 Å². The van der Waals surface area contributed by atoms with Gasteiger partial charge in [0, 0.05) is 13.0 Å². The number of ether oxygens (including phenoxy) is 1. The average molecular weight is 142 g/mol. The Morgan fingerprint density at radius 1 is 1.40 bits per heavy atom. The fourth-order valence-electron chi connectivity index (χ4n) is 0.428. The molecular weight excluding hydrogens is 128 g/mol. The van der Waals surface area contributed by atoms with Crippen molar-refractivity contribution in [2.45, 2.75) is 13.3 Å². The maximum Gasteiger partial charge on any atom is 0.0895 e. The molecule has 0 aliphatic carbocycles. The van der Waals surface area contributed by atoms with Crippen LogP contribution in [0.25, 0.3) is 0 Å². The zero-order valence-electron chi connectivity index (χ0n) is 6.29. The molecule has 0 spiro atoms. The lowest BCUT2D eigenvalue weighted by atomic mass is 10.5. The minimum atomic E-state index is 0.192. The van der Waals surface area contributed by atoms with Crippen molar-refractivity contribution in [3.05, 3.63) is 24.5 Å². The highest BCUT2D eigenvalue weighted by Crippen LogP contribution is 1.83. The summed E-state index contributed by atoms with van der Waals surface area (Å²) < 4.78 is 4.98. The molecule has 0 rings (SSSR count). The second-order valence-corrected chi connectivity index (χ2v) is 1.80. The molecule has 0 aromatic carbocycles. The first-order valence-corrected chi connectivity index (χ1v) is 3.42. The number of aliphatic hydroxyl groups excluding tert-OH is 1. The number of hydrogen-bond donors (Lipinski definition) is 1. The molecule has 0 radical (unpaired) electrons. The smallest absolute Gasteiger partial charge is 0.0895 e. The van der Waals surface area contributed by atoms with Gasteiger partial charge in [0.1, 0.15) is 0 Å². The summed E-state index contributed by atoms with van der Waals surface area (Å²) in [5, 5.41) is 8.35. The molecule has 0 amide bonds. The summed E-state index contributed by atoms with van der Waals surface area (Å²) in [6.45, 7) is 2.72. The van der Waals surface area contributed by atoms with Crippen molar-refractivity contribution in [2.75, 3.05) is 13.2 Å². The first-order valence-electron chi connectivity index (χ1n) is 3.42. The second-order valence-electron chi connectivity index (χ2n) is 1.80. The Morgan fingerprint density at radius 3 is 2.80 bits per heavy atom. The first-order chi connectivity index (χ1) is 4.91. The summed E-state index contributed by atoms with van der Waals surface area (Å²) >= 11 is 0. The Hall–Kier alpha value is -0.760. The summed E-state index contributed by atoms with van der Waals surface area (Å²) in [6.07, 6.45) is 7.94. The molecule has 58 valence electrons. The van der Waals surface area contributed by atoms with E-state index >= 15 is 0 Å². The van der Waals surface area contributed by atoms with Crippen LogP contribution in [0.4, 0.5) is 0 Å². The van der Waals surface area contributed by atoms with Gasteiger partial charge in [-0.2, -0.15) is 0 Å². The monoisotopic (exact) mass is 142 g/mol. The summed E-state index contributed by atoms with van der Waals surface area (Å²) in [7, 11) is 0. The molecule has 0 aromatic heterocycles. The summed E-state index contributed by atoms with van der Waals surface area (Å²) in [6, 6.07) is 0. The maximum absolute atomic E-state index is 8.35. The van der Waals surface area contributed by atoms with Crippen LogP contribution in [-0.4, -0.2) is 18.3 Å². The summed E-state index contributed by atoms with van der Waals surface area (Å²) in [5.41, 5.74) is 0. The van der Waals surface area contributed by atoms with E-state index in [2.05, 4.69) is 0 Å². The molecule has 0 atom stereocenters. The van der Waals surface area contributed by atoms with E-state index in [0.717, 1.165) is 0 Å². The van der Waals surface area contributed by atoms with Gasteiger partial charge in [-0.25, -0.2) is 0 Å². The Morgan fingerprint density at radius 2 is 2.20 bits per heavy atom. The predicted molar refractivity (Wildman–Crippen MR) is 41.6 cm³/mol. The zero-order chi connectivity index (χ0) is 7.66. The van der Waals surface area contributed by atoms with Crippen molar-refractivity contribution in [1.82, 2.24) is 0 Å². The maximum atomic E-state index is 8.35. The van der Waals surface area contributed by atoms with Gasteiger partial charge in [0.15, 0.2) is 0 Å². The topological polar surface area (TPSA) is 29.5 Å². The molecule has 2 nitrogen and oxygen atoms in total. The van der Waals surface area contributed by atoms with Gasteiger partial charge in [0.25, 0.3) is 0 Å². The van der Waals surface area contributed by atoms with Crippen LogP contribution in [0.1, 0.15) is 13.3 Å². The Balaban J connectivity index is 3.02. The Kier molecular flexibility index (Phi) is 7.61.